The molecule has 0 aromatic carbocycles. The van der Waals surface area contributed by atoms with E-state index in [2.05, 4.69) is 45.1 Å². The second-order valence-electron chi connectivity index (χ2n) is 7.11. The standard InChI is InChI=1S/C18H26N6O2S2/c1-12-13(19-5)15(28-23-12)21-22-16-14(18(2,3)4)20-17(27-16)24(8-10-25-6)9-11-26-7/h8-11H2,1-4,6-7H3. The van der Waals surface area contributed by atoms with Crippen molar-refractivity contribution in [3.8, 4) is 0 Å². The van der Waals surface area contributed by atoms with Crippen LogP contribution >= 0.6 is 22.9 Å². The van der Waals surface area contributed by atoms with Crippen molar-refractivity contribution in [3.05, 3.63) is 22.8 Å². The average Bonchev–Trinajstić information content (AvgIpc) is 3.23. The number of aromatic nitrogens is 2. The minimum absolute atomic E-state index is 0.191. The van der Waals surface area contributed by atoms with Crippen molar-refractivity contribution >= 4 is 43.7 Å². The van der Waals surface area contributed by atoms with Gasteiger partial charge >= 0.3 is 0 Å². The largest absolute Gasteiger partial charge is 0.383 e. The summed E-state index contributed by atoms with van der Waals surface area (Å²) in [4.78, 5) is 10.5. The second kappa shape index (κ2) is 10.0. The number of aryl methyl sites for hydroxylation is 1. The molecule has 10 heteroatoms. The first-order valence-electron chi connectivity index (χ1n) is 8.81. The number of thiazole rings is 1. The molecule has 0 spiro atoms. The van der Waals surface area contributed by atoms with Crippen molar-refractivity contribution in [2.24, 2.45) is 10.2 Å². The van der Waals surface area contributed by atoms with Gasteiger partial charge in [-0.3, -0.25) is 0 Å². The van der Waals surface area contributed by atoms with E-state index in [4.69, 9.17) is 21.0 Å². The first-order valence-corrected chi connectivity index (χ1v) is 10.4. The molecule has 8 nitrogen and oxygen atoms in total. The molecule has 0 aliphatic carbocycles. The van der Waals surface area contributed by atoms with Gasteiger partial charge in [-0.2, -0.15) is 0 Å². The molecule has 0 unspecified atom stereocenters. The molecule has 0 N–H and O–H groups in total. The van der Waals surface area contributed by atoms with Gasteiger partial charge in [-0.1, -0.05) is 32.1 Å². The lowest BCUT2D eigenvalue weighted by Gasteiger charge is -2.21. The normalized spacial score (nSPS) is 11.9. The van der Waals surface area contributed by atoms with Gasteiger partial charge in [0, 0.05) is 32.7 Å². The van der Waals surface area contributed by atoms with E-state index in [1.54, 1.807) is 21.1 Å². The molecule has 0 bridgehead atoms. The summed E-state index contributed by atoms with van der Waals surface area (Å²) in [6.45, 7) is 18.0. The quantitative estimate of drug-likeness (QED) is 0.406. The van der Waals surface area contributed by atoms with Crippen molar-refractivity contribution < 1.29 is 9.47 Å². The van der Waals surface area contributed by atoms with E-state index >= 15 is 0 Å². The second-order valence-corrected chi connectivity index (χ2v) is 8.81. The summed E-state index contributed by atoms with van der Waals surface area (Å²) in [5.74, 6) is 0. The summed E-state index contributed by atoms with van der Waals surface area (Å²) >= 11 is 2.67. The molecule has 0 radical (unpaired) electrons. The van der Waals surface area contributed by atoms with Crippen molar-refractivity contribution in [1.82, 2.24) is 9.36 Å². The average molecular weight is 423 g/mol. The van der Waals surface area contributed by atoms with Gasteiger partial charge < -0.3 is 14.4 Å². The molecule has 152 valence electrons. The van der Waals surface area contributed by atoms with Crippen LogP contribution in [0.25, 0.3) is 4.85 Å². The lowest BCUT2D eigenvalue weighted by atomic mass is 9.93. The SMILES string of the molecule is [C-]#[N+]c1c(C)nsc1N=Nc1sc(N(CCOC)CCOC)nc1C(C)(C)C. The minimum atomic E-state index is -0.191. The Labute approximate surface area is 174 Å². The van der Waals surface area contributed by atoms with Crippen molar-refractivity contribution in [2.75, 3.05) is 45.4 Å². The fourth-order valence-electron chi connectivity index (χ4n) is 2.34. The predicted molar refractivity (Wildman–Crippen MR) is 114 cm³/mol. The summed E-state index contributed by atoms with van der Waals surface area (Å²) in [5, 5.41) is 10.9. The maximum absolute atomic E-state index is 7.31. The van der Waals surface area contributed by atoms with Gasteiger partial charge in [-0.25, -0.2) is 14.2 Å². The van der Waals surface area contributed by atoms with Crippen LogP contribution in [-0.2, 0) is 14.9 Å². The Morgan fingerprint density at radius 3 is 2.25 bits per heavy atom. The Kier molecular flexibility index (Phi) is 8.00. The monoisotopic (exact) mass is 422 g/mol. The van der Waals surface area contributed by atoms with Crippen molar-refractivity contribution in [3.63, 3.8) is 0 Å². The molecule has 0 saturated heterocycles. The Morgan fingerprint density at radius 2 is 1.71 bits per heavy atom. The molecule has 0 amide bonds. The maximum Gasteiger partial charge on any atom is 0.247 e. The van der Waals surface area contributed by atoms with E-state index in [9.17, 15) is 0 Å². The van der Waals surface area contributed by atoms with Crippen LogP contribution in [0.15, 0.2) is 10.2 Å². The zero-order valence-corrected chi connectivity index (χ0v) is 18.8. The van der Waals surface area contributed by atoms with Crippen LogP contribution in [0, 0.1) is 13.5 Å². The minimum Gasteiger partial charge on any atom is -0.383 e. The maximum atomic E-state index is 7.31. The molecule has 0 fully saturated rings. The Hall–Kier alpha value is -1.93. The zero-order chi connectivity index (χ0) is 20.7. The van der Waals surface area contributed by atoms with E-state index in [1.165, 1.54) is 22.9 Å². The molecule has 0 aliphatic heterocycles. The van der Waals surface area contributed by atoms with Gasteiger partial charge in [-0.05, 0) is 18.5 Å². The summed E-state index contributed by atoms with van der Waals surface area (Å²) in [7, 11) is 3.37. The van der Waals surface area contributed by atoms with E-state index in [-0.39, 0.29) is 5.41 Å². The van der Waals surface area contributed by atoms with Crippen LogP contribution in [0.5, 0.6) is 0 Å². The Bertz CT molecular complexity index is 839. The Morgan fingerprint density at radius 1 is 1.11 bits per heavy atom. The van der Waals surface area contributed by atoms with Crippen LogP contribution < -0.4 is 4.90 Å². The number of anilines is 1. The molecule has 2 aromatic heterocycles. The summed E-state index contributed by atoms with van der Waals surface area (Å²) < 4.78 is 14.7. The van der Waals surface area contributed by atoms with Crippen LogP contribution in [0.3, 0.4) is 0 Å². The highest BCUT2D eigenvalue weighted by Crippen LogP contribution is 2.42. The lowest BCUT2D eigenvalue weighted by Crippen LogP contribution is -2.30. The number of rotatable bonds is 9. The fraction of sp³-hybridized carbons (Fsp3) is 0.611. The third-order valence-electron chi connectivity index (χ3n) is 3.87. The first-order chi connectivity index (χ1) is 13.3. The number of hydrogen-bond donors (Lipinski definition) is 0. The van der Waals surface area contributed by atoms with Gasteiger partial charge in [0.1, 0.15) is 0 Å². The highest BCUT2D eigenvalue weighted by atomic mass is 32.1. The molecule has 0 atom stereocenters. The van der Waals surface area contributed by atoms with Crippen LogP contribution in [0.2, 0.25) is 0 Å². The lowest BCUT2D eigenvalue weighted by molar-refractivity contribution is 0.190. The summed E-state index contributed by atoms with van der Waals surface area (Å²) in [5.41, 5.74) is 1.82. The van der Waals surface area contributed by atoms with Gasteiger partial charge in [0.25, 0.3) is 0 Å². The third-order valence-corrected chi connectivity index (χ3v) is 5.68. The highest BCUT2D eigenvalue weighted by Gasteiger charge is 2.25. The zero-order valence-electron chi connectivity index (χ0n) is 17.1. The van der Waals surface area contributed by atoms with E-state index in [0.717, 1.165) is 15.8 Å². The molecule has 2 aromatic rings. The van der Waals surface area contributed by atoms with Gasteiger partial charge in [0.15, 0.2) is 15.1 Å². The van der Waals surface area contributed by atoms with E-state index in [0.29, 0.717) is 42.7 Å². The predicted octanol–water partition coefficient (Wildman–Crippen LogP) is 5.27. The van der Waals surface area contributed by atoms with E-state index < -0.39 is 0 Å². The summed E-state index contributed by atoms with van der Waals surface area (Å²) in [6, 6.07) is 0. The first kappa shape index (κ1) is 22.4. The topological polar surface area (TPSA) is 76.6 Å². The highest BCUT2D eigenvalue weighted by molar-refractivity contribution is 7.19. The van der Waals surface area contributed by atoms with Crippen molar-refractivity contribution in [1.29, 1.82) is 0 Å². The summed E-state index contributed by atoms with van der Waals surface area (Å²) in [6.07, 6.45) is 0. The smallest absolute Gasteiger partial charge is 0.247 e. The molecule has 0 saturated carbocycles. The third kappa shape index (κ3) is 5.54. The molecule has 2 heterocycles. The molecule has 0 aliphatic rings. The van der Waals surface area contributed by atoms with Crippen LogP contribution in [0.1, 0.15) is 32.2 Å². The number of methoxy groups -OCH3 is 2. The van der Waals surface area contributed by atoms with Crippen molar-refractivity contribution in [2.45, 2.75) is 33.1 Å². The van der Waals surface area contributed by atoms with Gasteiger partial charge in [0.05, 0.1) is 31.2 Å². The van der Waals surface area contributed by atoms with Crippen LogP contribution in [-0.4, -0.2) is 49.9 Å². The fourth-order valence-corrected chi connectivity index (χ4v) is 4.16. The van der Waals surface area contributed by atoms with Gasteiger partial charge in [-0.15, -0.1) is 10.2 Å². The molecular formula is C18H26N6O2S2. The number of hydrogen-bond acceptors (Lipinski definition) is 9. The number of nitrogens with zero attached hydrogens (tertiary/aromatic N) is 6. The molecule has 28 heavy (non-hydrogen) atoms. The molecule has 2 rings (SSSR count). The number of azo groups is 1. The number of ether oxygens (including phenoxy) is 2. The Balaban J connectivity index is 2.39. The van der Waals surface area contributed by atoms with Gasteiger partial charge in [0.2, 0.25) is 5.69 Å². The van der Waals surface area contributed by atoms with E-state index in [1.807, 2.05) is 0 Å². The molecular weight excluding hydrogens is 396 g/mol. The van der Waals surface area contributed by atoms with Crippen LogP contribution in [0.4, 0.5) is 20.8 Å².